The van der Waals surface area contributed by atoms with E-state index in [1.165, 1.54) is 12.0 Å². The summed E-state index contributed by atoms with van der Waals surface area (Å²) < 4.78 is 10.8. The first-order valence-corrected chi connectivity index (χ1v) is 12.1. The van der Waals surface area contributed by atoms with E-state index in [9.17, 15) is 19.5 Å². The highest BCUT2D eigenvalue weighted by Gasteiger charge is 2.54. The van der Waals surface area contributed by atoms with Crippen LogP contribution >= 0.6 is 0 Å². The standard InChI is InChI=1S/C27H30N2O6/c1-34-16-23(24(30)29-14-17-10-12-27(29,13-11-17)25(31)32)28-26(33)35-15-22-20-8-4-2-6-18(20)19-7-3-5-9-21(19)22/h2-9,17,22-23H,10-16H2,1H3,(H,28,33)(H,31,32)/t17?,23-,27?/m0/s1. The van der Waals surface area contributed by atoms with Crippen molar-refractivity contribution in [2.75, 3.05) is 26.9 Å². The quantitative estimate of drug-likeness (QED) is 0.632. The van der Waals surface area contributed by atoms with Crippen molar-refractivity contribution in [2.24, 2.45) is 5.92 Å². The second-order valence-electron chi connectivity index (χ2n) is 9.71. The molecule has 2 heterocycles. The monoisotopic (exact) mass is 478 g/mol. The zero-order chi connectivity index (χ0) is 24.6. The number of carbonyl (C=O) groups is 3. The van der Waals surface area contributed by atoms with E-state index < -0.39 is 29.6 Å². The third kappa shape index (κ3) is 4.05. The first kappa shape index (κ1) is 23.4. The minimum atomic E-state index is -1.21. The van der Waals surface area contributed by atoms with Gasteiger partial charge in [0.2, 0.25) is 5.91 Å². The molecule has 6 rings (SSSR count). The van der Waals surface area contributed by atoms with Crippen molar-refractivity contribution in [3.8, 4) is 11.1 Å². The summed E-state index contributed by atoms with van der Waals surface area (Å²) in [6.45, 7) is 0.441. The molecule has 2 aromatic rings. The lowest BCUT2D eigenvalue weighted by atomic mass is 9.70. The molecule has 0 aromatic heterocycles. The Bertz CT molecular complexity index is 1090. The van der Waals surface area contributed by atoms with Gasteiger partial charge < -0.3 is 24.8 Å². The number of nitrogens with one attached hydrogen (secondary N) is 1. The van der Waals surface area contributed by atoms with Gasteiger partial charge in [0.15, 0.2) is 0 Å². The number of alkyl carbamates (subject to hydrolysis) is 1. The van der Waals surface area contributed by atoms with Crippen molar-refractivity contribution >= 4 is 18.0 Å². The predicted octanol–water partition coefficient (Wildman–Crippen LogP) is 3.40. The molecule has 0 spiro atoms. The number of methoxy groups -OCH3 is 1. The van der Waals surface area contributed by atoms with Crippen LogP contribution in [-0.2, 0) is 19.1 Å². The van der Waals surface area contributed by atoms with Crippen molar-refractivity contribution in [3.63, 3.8) is 0 Å². The average Bonchev–Trinajstić information content (AvgIpc) is 3.21. The average molecular weight is 479 g/mol. The second-order valence-corrected chi connectivity index (χ2v) is 9.71. The van der Waals surface area contributed by atoms with Gasteiger partial charge in [-0.05, 0) is 53.9 Å². The van der Waals surface area contributed by atoms with E-state index in [0.717, 1.165) is 35.1 Å². The molecule has 2 amide bonds. The van der Waals surface area contributed by atoms with E-state index in [1.807, 2.05) is 36.4 Å². The van der Waals surface area contributed by atoms with Crippen LogP contribution in [0.5, 0.6) is 0 Å². The van der Waals surface area contributed by atoms with Gasteiger partial charge in [0.25, 0.3) is 0 Å². The molecule has 4 aliphatic rings. The van der Waals surface area contributed by atoms with E-state index in [4.69, 9.17) is 9.47 Å². The highest BCUT2D eigenvalue weighted by atomic mass is 16.5. The molecule has 2 saturated heterocycles. The van der Waals surface area contributed by atoms with E-state index >= 15 is 0 Å². The molecular weight excluding hydrogens is 448 g/mol. The van der Waals surface area contributed by atoms with Gasteiger partial charge >= 0.3 is 12.1 Å². The maximum absolute atomic E-state index is 13.4. The zero-order valence-corrected chi connectivity index (χ0v) is 19.7. The summed E-state index contributed by atoms with van der Waals surface area (Å²) >= 11 is 0. The fraction of sp³-hybridized carbons (Fsp3) is 0.444. The van der Waals surface area contributed by atoms with Crippen molar-refractivity contribution in [2.45, 2.75) is 43.2 Å². The van der Waals surface area contributed by atoms with Crippen molar-refractivity contribution in [3.05, 3.63) is 59.7 Å². The van der Waals surface area contributed by atoms with Gasteiger partial charge in [-0.1, -0.05) is 48.5 Å². The minimum absolute atomic E-state index is 0.0695. The molecule has 2 aliphatic heterocycles. The molecule has 2 aromatic carbocycles. The van der Waals surface area contributed by atoms with Crippen LogP contribution in [0.1, 0.15) is 42.7 Å². The number of ether oxygens (including phenoxy) is 2. The topological polar surface area (TPSA) is 105 Å². The Morgan fingerprint density at radius 3 is 2.23 bits per heavy atom. The largest absolute Gasteiger partial charge is 0.479 e. The molecule has 8 nitrogen and oxygen atoms in total. The molecule has 184 valence electrons. The Hall–Kier alpha value is -3.39. The van der Waals surface area contributed by atoms with Gasteiger partial charge in [0.1, 0.15) is 18.2 Å². The molecule has 2 aliphatic carbocycles. The van der Waals surface area contributed by atoms with Gasteiger partial charge in [0, 0.05) is 19.6 Å². The van der Waals surface area contributed by atoms with Gasteiger partial charge in [-0.2, -0.15) is 0 Å². The lowest BCUT2D eigenvalue weighted by Crippen LogP contribution is -2.67. The highest BCUT2D eigenvalue weighted by molar-refractivity contribution is 5.92. The number of piperidine rings is 2. The van der Waals surface area contributed by atoms with E-state index in [1.54, 1.807) is 0 Å². The minimum Gasteiger partial charge on any atom is -0.479 e. The number of carbonyl (C=O) groups excluding carboxylic acids is 2. The molecule has 35 heavy (non-hydrogen) atoms. The van der Waals surface area contributed by atoms with Crippen LogP contribution in [0.3, 0.4) is 0 Å². The van der Waals surface area contributed by atoms with Crippen molar-refractivity contribution in [1.29, 1.82) is 0 Å². The summed E-state index contributed by atoms with van der Waals surface area (Å²) in [4.78, 5) is 39.8. The Balaban J connectivity index is 1.28. The van der Waals surface area contributed by atoms with Gasteiger partial charge in [0.05, 0.1) is 6.61 Å². The fourth-order valence-electron chi connectivity index (χ4n) is 5.98. The maximum Gasteiger partial charge on any atom is 0.407 e. The number of fused-ring (bicyclic) bond motifs is 6. The number of hydrogen-bond acceptors (Lipinski definition) is 5. The number of benzene rings is 2. The van der Waals surface area contributed by atoms with Crippen LogP contribution in [0.4, 0.5) is 4.79 Å². The number of rotatable bonds is 7. The Kier molecular flexibility index (Phi) is 6.23. The molecule has 8 heteroatoms. The summed E-state index contributed by atoms with van der Waals surface area (Å²) in [5, 5.41) is 12.6. The highest BCUT2D eigenvalue weighted by Crippen LogP contribution is 2.45. The second kappa shape index (κ2) is 9.34. The number of carboxylic acid groups (broad SMARTS) is 1. The van der Waals surface area contributed by atoms with Crippen LogP contribution in [-0.4, -0.2) is 66.4 Å². The number of carboxylic acids is 1. The number of nitrogens with zero attached hydrogens (tertiary/aromatic N) is 1. The van der Waals surface area contributed by atoms with Crippen LogP contribution in [0, 0.1) is 5.92 Å². The summed E-state index contributed by atoms with van der Waals surface area (Å²) in [5.74, 6) is -1.23. The Morgan fingerprint density at radius 2 is 1.66 bits per heavy atom. The van der Waals surface area contributed by atoms with E-state index in [0.29, 0.717) is 19.4 Å². The molecule has 2 bridgehead atoms. The zero-order valence-electron chi connectivity index (χ0n) is 19.7. The summed E-state index contributed by atoms with van der Waals surface area (Å²) in [6.07, 6.45) is 1.73. The lowest BCUT2D eigenvalue weighted by Gasteiger charge is -2.52. The number of amides is 2. The lowest BCUT2D eigenvalue weighted by molar-refractivity contribution is -0.171. The molecular formula is C27H30N2O6. The van der Waals surface area contributed by atoms with E-state index in [-0.39, 0.29) is 25.0 Å². The number of aliphatic carboxylic acids is 1. The van der Waals surface area contributed by atoms with Crippen LogP contribution in [0.2, 0.25) is 0 Å². The fourth-order valence-corrected chi connectivity index (χ4v) is 5.98. The predicted molar refractivity (Wildman–Crippen MR) is 128 cm³/mol. The number of hydrogen-bond donors (Lipinski definition) is 2. The first-order chi connectivity index (χ1) is 16.9. The van der Waals surface area contributed by atoms with Gasteiger partial charge in [-0.25, -0.2) is 9.59 Å². The molecule has 1 saturated carbocycles. The van der Waals surface area contributed by atoms with Crippen molar-refractivity contribution < 1.29 is 29.0 Å². The molecule has 0 unspecified atom stereocenters. The summed E-state index contributed by atoms with van der Waals surface area (Å²) in [7, 11) is 1.44. The SMILES string of the molecule is COC[C@H](NC(=O)OCC1c2ccccc2-c2ccccc21)C(=O)N1CC2CCC1(C(=O)O)CC2. The third-order valence-electron chi connectivity index (χ3n) is 7.82. The molecule has 0 radical (unpaired) electrons. The smallest absolute Gasteiger partial charge is 0.407 e. The maximum atomic E-state index is 13.4. The Morgan fingerprint density at radius 1 is 1.06 bits per heavy atom. The van der Waals surface area contributed by atoms with Gasteiger partial charge in [-0.15, -0.1) is 0 Å². The van der Waals surface area contributed by atoms with Crippen molar-refractivity contribution in [1.82, 2.24) is 10.2 Å². The van der Waals surface area contributed by atoms with Crippen LogP contribution in [0.15, 0.2) is 48.5 Å². The summed E-state index contributed by atoms with van der Waals surface area (Å²) in [6, 6.07) is 15.1. The normalized spacial score (nSPS) is 23.3. The van der Waals surface area contributed by atoms with Crippen LogP contribution < -0.4 is 5.32 Å². The van der Waals surface area contributed by atoms with Gasteiger partial charge in [-0.3, -0.25) is 4.79 Å². The molecule has 2 N–H and O–H groups in total. The summed E-state index contributed by atoms with van der Waals surface area (Å²) in [5.41, 5.74) is 3.24. The molecule has 1 atom stereocenters. The Labute approximate surface area is 204 Å². The third-order valence-corrected chi connectivity index (χ3v) is 7.82. The first-order valence-electron chi connectivity index (χ1n) is 12.1. The van der Waals surface area contributed by atoms with E-state index in [2.05, 4.69) is 17.4 Å². The molecule has 3 fully saturated rings. The van der Waals surface area contributed by atoms with Crippen LogP contribution in [0.25, 0.3) is 11.1 Å².